The summed E-state index contributed by atoms with van der Waals surface area (Å²) >= 11 is 6.02. The van der Waals surface area contributed by atoms with Crippen molar-refractivity contribution in [2.75, 3.05) is 13.2 Å². The first-order valence-electron chi connectivity index (χ1n) is 8.66. The number of nitrogens with zero attached hydrogens (tertiary/aromatic N) is 4. The minimum atomic E-state index is -0.247. The topological polar surface area (TPSA) is 81.4 Å². The largest absolute Gasteiger partial charge is 0.475 e. The van der Waals surface area contributed by atoms with Crippen LogP contribution in [0.3, 0.4) is 0 Å². The summed E-state index contributed by atoms with van der Waals surface area (Å²) in [5, 5.41) is 15.9. The monoisotopic (exact) mass is 393 g/mol. The molecule has 140 valence electrons. The maximum Gasteiger partial charge on any atom is 0.252 e. The molecule has 2 aromatic carbocycles. The summed E-state index contributed by atoms with van der Waals surface area (Å²) in [6.07, 6.45) is 0. The number of fused-ring (bicyclic) bond motifs is 1. The van der Waals surface area contributed by atoms with Crippen LogP contribution in [0.15, 0.2) is 66.7 Å². The van der Waals surface area contributed by atoms with Gasteiger partial charge in [0.15, 0.2) is 11.5 Å². The molecule has 0 saturated carbocycles. The number of ether oxygens (including phenoxy) is 1. The Hall–Kier alpha value is -3.45. The van der Waals surface area contributed by atoms with E-state index in [1.165, 1.54) is 0 Å². The lowest BCUT2D eigenvalue weighted by Gasteiger charge is -2.08. The molecule has 0 aliphatic carbocycles. The molecule has 0 spiro atoms. The van der Waals surface area contributed by atoms with Crippen LogP contribution in [0.5, 0.6) is 5.88 Å². The van der Waals surface area contributed by atoms with E-state index in [9.17, 15) is 4.79 Å². The van der Waals surface area contributed by atoms with Gasteiger partial charge in [-0.15, -0.1) is 15.3 Å². The van der Waals surface area contributed by atoms with Crippen LogP contribution in [-0.2, 0) is 0 Å². The fraction of sp³-hybridized carbons (Fsp3) is 0.100. The number of carbonyl (C=O) groups is 1. The van der Waals surface area contributed by atoms with E-state index < -0.39 is 0 Å². The molecule has 0 aliphatic rings. The number of carbonyl (C=O) groups excluding carboxylic acids is 1. The second kappa shape index (κ2) is 8.06. The highest BCUT2D eigenvalue weighted by molar-refractivity contribution is 6.33. The van der Waals surface area contributed by atoms with Crippen molar-refractivity contribution in [3.8, 4) is 17.3 Å². The number of halogens is 1. The molecular formula is C20H16ClN5O2. The van der Waals surface area contributed by atoms with E-state index in [1.54, 1.807) is 40.9 Å². The van der Waals surface area contributed by atoms with E-state index in [0.717, 1.165) is 5.56 Å². The Morgan fingerprint density at radius 3 is 2.61 bits per heavy atom. The molecular weight excluding hydrogens is 378 g/mol. The summed E-state index contributed by atoms with van der Waals surface area (Å²) in [4.78, 5) is 12.1. The summed E-state index contributed by atoms with van der Waals surface area (Å²) in [7, 11) is 0. The first kappa shape index (κ1) is 17.9. The zero-order valence-corrected chi connectivity index (χ0v) is 15.5. The van der Waals surface area contributed by atoms with Gasteiger partial charge in [0.05, 0.1) is 17.1 Å². The smallest absolute Gasteiger partial charge is 0.252 e. The average molecular weight is 394 g/mol. The minimum Gasteiger partial charge on any atom is -0.475 e. The molecule has 4 aromatic rings. The molecule has 0 unspecified atom stereocenters. The van der Waals surface area contributed by atoms with Crippen LogP contribution >= 0.6 is 11.6 Å². The van der Waals surface area contributed by atoms with Gasteiger partial charge < -0.3 is 10.1 Å². The quantitative estimate of drug-likeness (QED) is 0.508. The van der Waals surface area contributed by atoms with Crippen LogP contribution < -0.4 is 10.1 Å². The number of rotatable bonds is 6. The summed E-state index contributed by atoms with van der Waals surface area (Å²) < 4.78 is 7.29. The molecule has 0 fully saturated rings. The highest BCUT2D eigenvalue weighted by atomic mass is 35.5. The maximum absolute atomic E-state index is 12.1. The number of hydrogen-bond acceptors (Lipinski definition) is 5. The molecule has 7 nitrogen and oxygen atoms in total. The van der Waals surface area contributed by atoms with Crippen LogP contribution in [0, 0.1) is 0 Å². The summed E-state index contributed by atoms with van der Waals surface area (Å²) in [5.41, 5.74) is 1.96. The number of amides is 1. The molecule has 2 aromatic heterocycles. The van der Waals surface area contributed by atoms with Crippen molar-refractivity contribution >= 4 is 23.2 Å². The second-order valence-corrected chi connectivity index (χ2v) is 6.32. The van der Waals surface area contributed by atoms with Gasteiger partial charge in [-0.2, -0.15) is 4.52 Å². The van der Waals surface area contributed by atoms with Gasteiger partial charge >= 0.3 is 0 Å². The van der Waals surface area contributed by atoms with Crippen molar-refractivity contribution in [1.29, 1.82) is 0 Å². The van der Waals surface area contributed by atoms with E-state index in [0.29, 0.717) is 34.5 Å². The Labute approximate surface area is 165 Å². The Bertz CT molecular complexity index is 1110. The summed E-state index contributed by atoms with van der Waals surface area (Å²) in [6.45, 7) is 0.578. The maximum atomic E-state index is 12.1. The molecule has 4 rings (SSSR count). The van der Waals surface area contributed by atoms with Crippen LogP contribution in [0.2, 0.25) is 5.02 Å². The third-order valence-electron chi connectivity index (χ3n) is 4.03. The van der Waals surface area contributed by atoms with Crippen LogP contribution in [-0.4, -0.2) is 38.9 Å². The fourth-order valence-electron chi connectivity index (χ4n) is 2.68. The van der Waals surface area contributed by atoms with E-state index in [2.05, 4.69) is 20.6 Å². The Kier molecular flexibility index (Phi) is 5.16. The molecule has 1 amide bonds. The second-order valence-electron chi connectivity index (χ2n) is 5.92. The van der Waals surface area contributed by atoms with Crippen molar-refractivity contribution in [2.24, 2.45) is 0 Å². The van der Waals surface area contributed by atoms with Crippen molar-refractivity contribution in [2.45, 2.75) is 0 Å². The molecule has 0 atom stereocenters. The molecule has 0 radical (unpaired) electrons. The molecule has 0 saturated heterocycles. The lowest BCUT2D eigenvalue weighted by atomic mass is 10.2. The lowest BCUT2D eigenvalue weighted by Crippen LogP contribution is -2.28. The molecule has 0 aliphatic heterocycles. The number of aromatic nitrogens is 4. The Morgan fingerprint density at radius 1 is 1.00 bits per heavy atom. The Morgan fingerprint density at radius 2 is 1.79 bits per heavy atom. The minimum absolute atomic E-state index is 0.247. The summed E-state index contributed by atoms with van der Waals surface area (Å²) in [6, 6.07) is 20.1. The van der Waals surface area contributed by atoms with Gasteiger partial charge in [-0.3, -0.25) is 4.79 Å². The highest BCUT2D eigenvalue weighted by Crippen LogP contribution is 2.18. The molecule has 0 bridgehead atoms. The number of benzene rings is 2. The predicted molar refractivity (Wildman–Crippen MR) is 105 cm³/mol. The van der Waals surface area contributed by atoms with Gasteiger partial charge in [0, 0.05) is 11.6 Å². The molecule has 8 heteroatoms. The van der Waals surface area contributed by atoms with E-state index in [1.807, 2.05) is 30.3 Å². The van der Waals surface area contributed by atoms with Crippen LogP contribution in [0.4, 0.5) is 0 Å². The van der Waals surface area contributed by atoms with Gasteiger partial charge in [0.1, 0.15) is 6.61 Å². The van der Waals surface area contributed by atoms with Gasteiger partial charge in [0.25, 0.3) is 5.91 Å². The van der Waals surface area contributed by atoms with E-state index in [-0.39, 0.29) is 12.5 Å². The first-order valence-corrected chi connectivity index (χ1v) is 9.03. The van der Waals surface area contributed by atoms with Gasteiger partial charge in [0.2, 0.25) is 5.88 Å². The molecule has 2 heterocycles. The van der Waals surface area contributed by atoms with E-state index in [4.69, 9.17) is 16.3 Å². The van der Waals surface area contributed by atoms with E-state index >= 15 is 0 Å². The third kappa shape index (κ3) is 3.79. The van der Waals surface area contributed by atoms with Gasteiger partial charge in [-0.25, -0.2) is 0 Å². The highest BCUT2D eigenvalue weighted by Gasteiger charge is 2.11. The van der Waals surface area contributed by atoms with Gasteiger partial charge in [-0.05, 0) is 18.2 Å². The van der Waals surface area contributed by atoms with Crippen LogP contribution in [0.25, 0.3) is 17.0 Å². The van der Waals surface area contributed by atoms with Crippen molar-refractivity contribution < 1.29 is 9.53 Å². The van der Waals surface area contributed by atoms with Crippen molar-refractivity contribution in [1.82, 2.24) is 25.1 Å². The Balaban J connectivity index is 1.40. The lowest BCUT2D eigenvalue weighted by molar-refractivity contribution is 0.0946. The third-order valence-corrected chi connectivity index (χ3v) is 4.36. The SMILES string of the molecule is O=C(NCCOc1ccc2nnc(-c3ccccc3)n2n1)c1ccccc1Cl. The zero-order valence-electron chi connectivity index (χ0n) is 14.7. The predicted octanol–water partition coefficient (Wildman–Crippen LogP) is 3.25. The standard InChI is InChI=1S/C20H16ClN5O2/c21-16-9-5-4-8-15(16)20(27)22-12-13-28-18-11-10-17-23-24-19(26(17)25-18)14-6-2-1-3-7-14/h1-11H,12-13H2,(H,22,27). The fourth-order valence-corrected chi connectivity index (χ4v) is 2.90. The normalized spacial score (nSPS) is 10.8. The van der Waals surface area contributed by atoms with Gasteiger partial charge in [-0.1, -0.05) is 54.1 Å². The average Bonchev–Trinajstić information content (AvgIpc) is 3.15. The molecule has 28 heavy (non-hydrogen) atoms. The number of nitrogens with one attached hydrogen (secondary N) is 1. The zero-order chi connectivity index (χ0) is 19.3. The number of hydrogen-bond donors (Lipinski definition) is 1. The first-order chi connectivity index (χ1) is 13.7. The summed E-state index contributed by atoms with van der Waals surface area (Å²) in [5.74, 6) is 0.798. The molecule has 1 N–H and O–H groups in total. The van der Waals surface area contributed by atoms with Crippen LogP contribution in [0.1, 0.15) is 10.4 Å². The van der Waals surface area contributed by atoms with Crippen molar-refractivity contribution in [3.05, 3.63) is 77.3 Å². The van der Waals surface area contributed by atoms with Crippen molar-refractivity contribution in [3.63, 3.8) is 0 Å².